The second kappa shape index (κ2) is 7.20. The van der Waals surface area contributed by atoms with E-state index in [1.807, 2.05) is 18.3 Å². The Morgan fingerprint density at radius 3 is 2.74 bits per heavy atom. The van der Waals surface area contributed by atoms with Gasteiger partial charge in [-0.25, -0.2) is 0 Å². The zero-order valence-electron chi connectivity index (χ0n) is 12.2. The largest absolute Gasteiger partial charge is 0.384 e. The third kappa shape index (κ3) is 4.73. The fourth-order valence-electron chi connectivity index (χ4n) is 3.26. The molecule has 0 aliphatic heterocycles. The summed E-state index contributed by atoms with van der Waals surface area (Å²) in [4.78, 5) is 4.35. The molecule has 0 N–H and O–H groups in total. The number of nitrogens with zero attached hydrogens (tertiary/aromatic N) is 1. The van der Waals surface area contributed by atoms with Gasteiger partial charge in [0.15, 0.2) is 0 Å². The molecular weight excluding hydrogens is 250 g/mol. The Bertz CT molecular complexity index is 360. The third-order valence-electron chi connectivity index (χ3n) is 3.93. The van der Waals surface area contributed by atoms with Crippen molar-refractivity contribution in [3.8, 4) is 0 Å². The summed E-state index contributed by atoms with van der Waals surface area (Å²) in [7, 11) is 0.676. The van der Waals surface area contributed by atoms with Gasteiger partial charge in [-0.3, -0.25) is 4.98 Å². The van der Waals surface area contributed by atoms with Crippen molar-refractivity contribution in [1.82, 2.24) is 4.98 Å². The smallest absolute Gasteiger partial charge is 0.140 e. The van der Waals surface area contributed by atoms with Gasteiger partial charge in [-0.1, -0.05) is 32.8 Å². The SMILES string of the molecule is CC(C)CC1(COC[Si]c2ccccn2)CCCC1. The molecule has 1 fully saturated rings. The van der Waals surface area contributed by atoms with Crippen molar-refractivity contribution in [2.75, 3.05) is 12.8 Å². The lowest BCUT2D eigenvalue weighted by Crippen LogP contribution is -2.29. The van der Waals surface area contributed by atoms with Gasteiger partial charge in [-0.2, -0.15) is 0 Å². The van der Waals surface area contributed by atoms with Crippen molar-refractivity contribution in [2.24, 2.45) is 11.3 Å². The van der Waals surface area contributed by atoms with Crippen LogP contribution in [0.2, 0.25) is 0 Å². The normalized spacial score (nSPS) is 18.1. The minimum absolute atomic E-state index is 0.475. The quantitative estimate of drug-likeness (QED) is 0.564. The van der Waals surface area contributed by atoms with E-state index in [1.54, 1.807) is 0 Å². The molecule has 1 aromatic heterocycles. The van der Waals surface area contributed by atoms with Crippen LogP contribution in [0.15, 0.2) is 24.4 Å². The molecule has 104 valence electrons. The van der Waals surface area contributed by atoms with Crippen LogP contribution in [0.1, 0.15) is 46.0 Å². The molecule has 1 aromatic rings. The van der Waals surface area contributed by atoms with E-state index >= 15 is 0 Å². The first-order valence-electron chi connectivity index (χ1n) is 7.43. The first kappa shape index (κ1) is 14.7. The highest BCUT2D eigenvalue weighted by Gasteiger charge is 2.34. The van der Waals surface area contributed by atoms with Gasteiger partial charge in [-0.05, 0) is 42.7 Å². The van der Waals surface area contributed by atoms with Crippen LogP contribution in [0, 0.1) is 11.3 Å². The second-order valence-corrected chi connectivity index (χ2v) is 7.34. The van der Waals surface area contributed by atoms with Gasteiger partial charge >= 0.3 is 0 Å². The number of ether oxygens (including phenoxy) is 1. The zero-order chi connectivity index (χ0) is 13.6. The summed E-state index contributed by atoms with van der Waals surface area (Å²) in [5.74, 6) is 0.778. The molecule has 2 radical (unpaired) electrons. The van der Waals surface area contributed by atoms with Gasteiger partial charge in [0.2, 0.25) is 0 Å². The summed E-state index contributed by atoms with van der Waals surface area (Å²) in [6.45, 7) is 5.61. The topological polar surface area (TPSA) is 22.1 Å². The fraction of sp³-hybridized carbons (Fsp3) is 0.688. The summed E-state index contributed by atoms with van der Waals surface area (Å²) in [5.41, 5.74) is 0.475. The Labute approximate surface area is 119 Å². The van der Waals surface area contributed by atoms with Crippen LogP contribution in [0.5, 0.6) is 0 Å². The molecular formula is C16H25NOSi. The van der Waals surface area contributed by atoms with E-state index in [1.165, 1.54) is 32.1 Å². The minimum atomic E-state index is 0.475. The number of pyridine rings is 1. The van der Waals surface area contributed by atoms with Crippen molar-refractivity contribution >= 4 is 14.8 Å². The van der Waals surface area contributed by atoms with Crippen LogP contribution < -0.4 is 5.32 Å². The molecule has 1 saturated carbocycles. The molecule has 19 heavy (non-hydrogen) atoms. The monoisotopic (exact) mass is 275 g/mol. The van der Waals surface area contributed by atoms with Gasteiger partial charge < -0.3 is 4.74 Å². The molecule has 1 aliphatic rings. The molecule has 2 rings (SSSR count). The minimum Gasteiger partial charge on any atom is -0.384 e. The molecule has 2 nitrogen and oxygen atoms in total. The highest BCUT2D eigenvalue weighted by atomic mass is 28.2. The van der Waals surface area contributed by atoms with Crippen molar-refractivity contribution in [2.45, 2.75) is 46.0 Å². The maximum atomic E-state index is 6.00. The highest BCUT2D eigenvalue weighted by molar-refractivity contribution is 6.52. The Morgan fingerprint density at radius 2 is 2.11 bits per heavy atom. The van der Waals surface area contributed by atoms with Crippen molar-refractivity contribution in [1.29, 1.82) is 0 Å². The summed E-state index contributed by atoms with van der Waals surface area (Å²) in [6, 6.07) is 6.10. The Balaban J connectivity index is 1.74. The second-order valence-electron chi connectivity index (χ2n) is 6.19. The summed E-state index contributed by atoms with van der Waals surface area (Å²) >= 11 is 0. The van der Waals surface area contributed by atoms with Crippen molar-refractivity contribution in [3.63, 3.8) is 0 Å². The average molecular weight is 275 g/mol. The third-order valence-corrected chi connectivity index (χ3v) is 4.94. The average Bonchev–Trinajstić information content (AvgIpc) is 2.84. The van der Waals surface area contributed by atoms with E-state index in [2.05, 4.69) is 24.9 Å². The predicted octanol–water partition coefficient (Wildman–Crippen LogP) is 2.99. The maximum absolute atomic E-state index is 6.00. The standard InChI is InChI=1S/C16H25NOSi/c1-14(2)11-16(8-4-5-9-16)12-18-13-19-15-7-3-6-10-17-15/h3,6-7,10,14H,4-5,8-9,11-13H2,1-2H3. The van der Waals surface area contributed by atoms with Gasteiger partial charge in [0, 0.05) is 17.7 Å². The van der Waals surface area contributed by atoms with Crippen LogP contribution in [-0.2, 0) is 4.74 Å². The number of rotatable bonds is 7. The summed E-state index contributed by atoms with van der Waals surface area (Å²) in [6.07, 6.45) is 9.50. The molecule has 0 bridgehead atoms. The fourth-order valence-corrected chi connectivity index (χ4v) is 3.99. The van der Waals surface area contributed by atoms with E-state index in [0.29, 0.717) is 14.9 Å². The Kier molecular flexibility index (Phi) is 5.58. The summed E-state index contributed by atoms with van der Waals surface area (Å²) < 4.78 is 6.00. The summed E-state index contributed by atoms with van der Waals surface area (Å²) in [5, 5.41) is 1.16. The van der Waals surface area contributed by atoms with Crippen molar-refractivity contribution < 1.29 is 4.74 Å². The number of hydrogen-bond donors (Lipinski definition) is 0. The molecule has 0 amide bonds. The molecule has 0 aromatic carbocycles. The van der Waals surface area contributed by atoms with Gasteiger partial charge in [-0.15, -0.1) is 0 Å². The van der Waals surface area contributed by atoms with Crippen LogP contribution >= 0.6 is 0 Å². The lowest BCUT2D eigenvalue weighted by atomic mass is 9.79. The van der Waals surface area contributed by atoms with Crippen LogP contribution in [0.3, 0.4) is 0 Å². The first-order chi connectivity index (χ1) is 9.20. The van der Waals surface area contributed by atoms with Crippen LogP contribution in [-0.4, -0.2) is 27.3 Å². The van der Waals surface area contributed by atoms with Gasteiger partial charge in [0.05, 0.1) is 6.61 Å². The predicted molar refractivity (Wildman–Crippen MR) is 80.8 cm³/mol. The van der Waals surface area contributed by atoms with Crippen molar-refractivity contribution in [3.05, 3.63) is 24.4 Å². The van der Waals surface area contributed by atoms with Crippen LogP contribution in [0.25, 0.3) is 0 Å². The molecule has 0 spiro atoms. The number of aromatic nitrogens is 1. The van der Waals surface area contributed by atoms with E-state index in [-0.39, 0.29) is 0 Å². The Morgan fingerprint density at radius 1 is 1.32 bits per heavy atom. The van der Waals surface area contributed by atoms with Gasteiger partial charge in [0.25, 0.3) is 0 Å². The molecule has 1 aliphatic carbocycles. The van der Waals surface area contributed by atoms with E-state index in [0.717, 1.165) is 24.1 Å². The zero-order valence-corrected chi connectivity index (χ0v) is 13.2. The molecule has 1 heterocycles. The molecule has 0 atom stereocenters. The van der Waals surface area contributed by atoms with E-state index in [4.69, 9.17) is 4.74 Å². The lowest BCUT2D eigenvalue weighted by molar-refractivity contribution is 0.0563. The lowest BCUT2D eigenvalue weighted by Gasteiger charge is -2.30. The van der Waals surface area contributed by atoms with Gasteiger partial charge in [0.1, 0.15) is 9.52 Å². The molecule has 0 unspecified atom stereocenters. The Hall–Kier alpha value is -0.673. The highest BCUT2D eigenvalue weighted by Crippen LogP contribution is 2.43. The molecule has 0 saturated heterocycles. The maximum Gasteiger partial charge on any atom is 0.140 e. The van der Waals surface area contributed by atoms with E-state index in [9.17, 15) is 0 Å². The molecule has 3 heteroatoms. The van der Waals surface area contributed by atoms with Crippen LogP contribution in [0.4, 0.5) is 0 Å². The van der Waals surface area contributed by atoms with E-state index < -0.39 is 0 Å². The number of hydrogen-bond acceptors (Lipinski definition) is 2. The first-order valence-corrected chi connectivity index (χ1v) is 8.64.